The fraction of sp³-hybridized carbons (Fsp3) is 0.263. The number of carbonyl (C=O) groups excluding carboxylic acids is 1. The summed E-state index contributed by atoms with van der Waals surface area (Å²) in [5, 5.41) is 3.94. The largest absolute Gasteiger partial charge is 0.483 e. The number of rotatable bonds is 5. The molecule has 0 aromatic heterocycles. The molecular weight excluding hydrogens is 320 g/mol. The summed E-state index contributed by atoms with van der Waals surface area (Å²) in [7, 11) is 0. The third kappa shape index (κ3) is 4.09. The van der Waals surface area contributed by atoms with Crippen molar-refractivity contribution in [3.63, 3.8) is 0 Å². The minimum absolute atomic E-state index is 0.0940. The Morgan fingerprint density at radius 3 is 2.64 bits per heavy atom. The Morgan fingerprint density at radius 1 is 1.16 bits per heavy atom. The number of nitrogens with zero attached hydrogens (tertiary/aromatic N) is 1. The molecule has 0 atom stereocenters. The Balaban J connectivity index is 1.53. The second-order valence-corrected chi connectivity index (χ2v) is 5.92. The molecule has 2 aromatic carbocycles. The molecule has 0 bridgehead atoms. The van der Waals surface area contributed by atoms with E-state index in [1.165, 1.54) is 5.56 Å². The quantitative estimate of drug-likeness (QED) is 0.671. The second-order valence-electron chi connectivity index (χ2n) is 5.92. The highest BCUT2D eigenvalue weighted by atomic mass is 16.7. The summed E-state index contributed by atoms with van der Waals surface area (Å²) < 4.78 is 16.2. The van der Waals surface area contributed by atoms with Crippen molar-refractivity contribution in [2.45, 2.75) is 20.8 Å². The highest BCUT2D eigenvalue weighted by Crippen LogP contribution is 2.32. The van der Waals surface area contributed by atoms with E-state index < -0.39 is 0 Å². The van der Waals surface area contributed by atoms with Crippen LogP contribution in [0.5, 0.6) is 17.2 Å². The van der Waals surface area contributed by atoms with Gasteiger partial charge in [-0.25, -0.2) is 5.43 Å². The van der Waals surface area contributed by atoms with Gasteiger partial charge in [0.2, 0.25) is 6.79 Å². The van der Waals surface area contributed by atoms with Gasteiger partial charge in [0.1, 0.15) is 5.75 Å². The molecule has 3 rings (SSSR count). The maximum absolute atomic E-state index is 11.9. The van der Waals surface area contributed by atoms with Crippen LogP contribution in [0.1, 0.15) is 22.3 Å². The molecule has 2 aromatic rings. The molecule has 130 valence electrons. The smallest absolute Gasteiger partial charge is 0.277 e. The molecule has 1 heterocycles. The molecule has 0 fully saturated rings. The number of aryl methyl sites for hydroxylation is 3. The predicted molar refractivity (Wildman–Crippen MR) is 94.4 cm³/mol. The average molecular weight is 340 g/mol. The first-order valence-electron chi connectivity index (χ1n) is 7.95. The van der Waals surface area contributed by atoms with Gasteiger partial charge in [-0.15, -0.1) is 0 Å². The molecule has 1 N–H and O–H groups in total. The SMILES string of the molecule is Cc1cc(C)c(OCC(=O)NN=Cc2ccc3c(c2)OCO3)c(C)c1. The number of hydrazone groups is 1. The van der Waals surface area contributed by atoms with E-state index >= 15 is 0 Å². The van der Waals surface area contributed by atoms with Gasteiger partial charge in [-0.05, 0) is 55.7 Å². The van der Waals surface area contributed by atoms with E-state index in [1.807, 2.05) is 39.0 Å². The lowest BCUT2D eigenvalue weighted by Crippen LogP contribution is -2.25. The molecule has 1 amide bonds. The van der Waals surface area contributed by atoms with Gasteiger partial charge in [-0.3, -0.25) is 4.79 Å². The van der Waals surface area contributed by atoms with Gasteiger partial charge in [-0.1, -0.05) is 17.7 Å². The zero-order valence-electron chi connectivity index (χ0n) is 14.5. The van der Waals surface area contributed by atoms with E-state index in [2.05, 4.69) is 10.5 Å². The number of benzene rings is 2. The van der Waals surface area contributed by atoms with Gasteiger partial charge in [0.25, 0.3) is 5.91 Å². The van der Waals surface area contributed by atoms with Gasteiger partial charge in [0.05, 0.1) is 6.21 Å². The third-order valence-electron chi connectivity index (χ3n) is 3.75. The molecule has 0 aliphatic carbocycles. The van der Waals surface area contributed by atoms with Gasteiger partial charge in [-0.2, -0.15) is 5.10 Å². The molecule has 6 nitrogen and oxygen atoms in total. The molecule has 0 saturated heterocycles. The van der Waals surface area contributed by atoms with E-state index in [4.69, 9.17) is 14.2 Å². The zero-order valence-corrected chi connectivity index (χ0v) is 14.5. The van der Waals surface area contributed by atoms with Crippen LogP contribution in [0.2, 0.25) is 0 Å². The Kier molecular flexibility index (Phi) is 4.88. The van der Waals surface area contributed by atoms with E-state index in [9.17, 15) is 4.79 Å². The fourth-order valence-corrected chi connectivity index (χ4v) is 2.74. The van der Waals surface area contributed by atoms with Crippen LogP contribution in [-0.4, -0.2) is 25.5 Å². The standard InChI is InChI=1S/C19H20N2O4/c1-12-6-13(2)19(14(3)7-12)23-10-18(22)21-20-9-15-4-5-16-17(8-15)25-11-24-16/h4-9H,10-11H2,1-3H3,(H,21,22). The summed E-state index contributed by atoms with van der Waals surface area (Å²) in [6.07, 6.45) is 1.54. The van der Waals surface area contributed by atoms with Crippen molar-refractivity contribution in [3.8, 4) is 17.2 Å². The number of fused-ring (bicyclic) bond motifs is 1. The lowest BCUT2D eigenvalue weighted by Gasteiger charge is -2.12. The first kappa shape index (κ1) is 16.8. The molecule has 0 unspecified atom stereocenters. The maximum atomic E-state index is 11.9. The van der Waals surface area contributed by atoms with E-state index in [0.29, 0.717) is 11.5 Å². The summed E-state index contributed by atoms with van der Waals surface area (Å²) in [4.78, 5) is 11.9. The van der Waals surface area contributed by atoms with E-state index in [-0.39, 0.29) is 19.3 Å². The number of carbonyl (C=O) groups is 1. The molecule has 1 aliphatic heterocycles. The van der Waals surface area contributed by atoms with Gasteiger partial charge in [0, 0.05) is 0 Å². The summed E-state index contributed by atoms with van der Waals surface area (Å²) in [6, 6.07) is 9.49. The van der Waals surface area contributed by atoms with Crippen LogP contribution < -0.4 is 19.6 Å². The normalized spacial score (nSPS) is 12.4. The van der Waals surface area contributed by atoms with E-state index in [1.54, 1.807) is 18.3 Å². The van der Waals surface area contributed by atoms with Crippen molar-refractivity contribution < 1.29 is 19.0 Å². The number of nitrogens with one attached hydrogen (secondary N) is 1. The molecule has 25 heavy (non-hydrogen) atoms. The van der Waals surface area contributed by atoms with Crippen LogP contribution >= 0.6 is 0 Å². The summed E-state index contributed by atoms with van der Waals surface area (Å²) in [5.74, 6) is 1.79. The summed E-state index contributed by atoms with van der Waals surface area (Å²) >= 11 is 0. The molecule has 0 radical (unpaired) electrons. The van der Waals surface area contributed by atoms with E-state index in [0.717, 1.165) is 22.4 Å². The summed E-state index contributed by atoms with van der Waals surface area (Å²) in [6.45, 7) is 6.09. The minimum Gasteiger partial charge on any atom is -0.483 e. The van der Waals surface area contributed by atoms with Crippen molar-refractivity contribution in [2.24, 2.45) is 5.10 Å². The van der Waals surface area contributed by atoms with Crippen LogP contribution in [0.25, 0.3) is 0 Å². The van der Waals surface area contributed by atoms with Crippen LogP contribution in [0.15, 0.2) is 35.4 Å². The number of hydrogen-bond acceptors (Lipinski definition) is 5. The predicted octanol–water partition coefficient (Wildman–Crippen LogP) is 2.87. The summed E-state index contributed by atoms with van der Waals surface area (Å²) in [5.41, 5.74) is 6.44. The fourth-order valence-electron chi connectivity index (χ4n) is 2.74. The zero-order chi connectivity index (χ0) is 17.8. The second kappa shape index (κ2) is 7.25. The minimum atomic E-state index is -0.323. The third-order valence-corrected chi connectivity index (χ3v) is 3.75. The van der Waals surface area contributed by atoms with Crippen LogP contribution in [0.3, 0.4) is 0 Å². The van der Waals surface area contributed by atoms with Crippen LogP contribution in [0, 0.1) is 20.8 Å². The molecule has 6 heteroatoms. The Hall–Kier alpha value is -3.02. The van der Waals surface area contributed by atoms with Crippen molar-refractivity contribution in [1.29, 1.82) is 0 Å². The van der Waals surface area contributed by atoms with Gasteiger partial charge < -0.3 is 14.2 Å². The number of hydrogen-bond donors (Lipinski definition) is 1. The lowest BCUT2D eigenvalue weighted by atomic mass is 10.1. The first-order valence-corrected chi connectivity index (χ1v) is 7.95. The van der Waals surface area contributed by atoms with Gasteiger partial charge >= 0.3 is 0 Å². The topological polar surface area (TPSA) is 69.2 Å². The monoisotopic (exact) mass is 340 g/mol. The molecule has 1 aliphatic rings. The Bertz CT molecular complexity index is 807. The maximum Gasteiger partial charge on any atom is 0.277 e. The average Bonchev–Trinajstić information content (AvgIpc) is 3.01. The molecule has 0 spiro atoms. The number of ether oxygens (including phenoxy) is 3. The van der Waals surface area contributed by atoms with Crippen molar-refractivity contribution in [3.05, 3.63) is 52.6 Å². The lowest BCUT2D eigenvalue weighted by molar-refractivity contribution is -0.123. The Labute approximate surface area is 146 Å². The van der Waals surface area contributed by atoms with Crippen molar-refractivity contribution >= 4 is 12.1 Å². The van der Waals surface area contributed by atoms with Crippen LogP contribution in [0.4, 0.5) is 0 Å². The Morgan fingerprint density at radius 2 is 1.88 bits per heavy atom. The highest BCUT2D eigenvalue weighted by Gasteiger charge is 2.12. The number of amides is 1. The molecule has 0 saturated carbocycles. The first-order chi connectivity index (χ1) is 12.0. The van der Waals surface area contributed by atoms with Gasteiger partial charge in [0.15, 0.2) is 18.1 Å². The van der Waals surface area contributed by atoms with Crippen molar-refractivity contribution in [1.82, 2.24) is 5.43 Å². The highest BCUT2D eigenvalue weighted by molar-refractivity contribution is 5.83. The molecular formula is C19H20N2O4. The van der Waals surface area contributed by atoms with Crippen molar-refractivity contribution in [2.75, 3.05) is 13.4 Å². The van der Waals surface area contributed by atoms with Crippen LogP contribution in [-0.2, 0) is 4.79 Å².